The van der Waals surface area contributed by atoms with E-state index in [0.717, 1.165) is 5.56 Å². The lowest BCUT2D eigenvalue weighted by atomic mass is 10.2. The van der Waals surface area contributed by atoms with Crippen LogP contribution in [-0.4, -0.2) is 27.4 Å². The molecule has 1 aromatic carbocycles. The van der Waals surface area contributed by atoms with Crippen LogP contribution in [0.2, 0.25) is 0 Å². The van der Waals surface area contributed by atoms with Gasteiger partial charge in [-0.3, -0.25) is 0 Å². The van der Waals surface area contributed by atoms with Crippen LogP contribution in [0, 0.1) is 0 Å². The summed E-state index contributed by atoms with van der Waals surface area (Å²) in [6.07, 6.45) is 4.69. The van der Waals surface area contributed by atoms with Crippen molar-refractivity contribution in [3.63, 3.8) is 0 Å². The largest absolute Gasteiger partial charge is 0.389 e. The molecule has 4 heteroatoms. The molecule has 1 aromatic heterocycles. The molecule has 0 aliphatic heterocycles. The monoisotopic (exact) mass is 232 g/mol. The Morgan fingerprint density at radius 1 is 1.29 bits per heavy atom. The van der Waals surface area contributed by atoms with Crippen LogP contribution in [0.5, 0.6) is 0 Å². The molecule has 0 spiro atoms. The lowest BCUT2D eigenvalue weighted by molar-refractivity contribution is 0.0203. The number of aromatic nitrogens is 2. The van der Waals surface area contributed by atoms with E-state index in [9.17, 15) is 5.11 Å². The normalized spacial score (nSPS) is 12.5. The Morgan fingerprint density at radius 2 is 2.12 bits per heavy atom. The Bertz CT molecular complexity index is 414. The van der Waals surface area contributed by atoms with E-state index in [1.165, 1.54) is 0 Å². The molecule has 4 nitrogen and oxygen atoms in total. The molecule has 1 N–H and O–H groups in total. The van der Waals surface area contributed by atoms with Gasteiger partial charge in [0.05, 0.1) is 32.2 Å². The molecular formula is C13H16N2O2. The highest BCUT2D eigenvalue weighted by atomic mass is 16.5. The van der Waals surface area contributed by atoms with Crippen molar-refractivity contribution >= 4 is 0 Å². The van der Waals surface area contributed by atoms with E-state index in [0.29, 0.717) is 19.8 Å². The minimum atomic E-state index is -0.507. The molecule has 0 radical (unpaired) electrons. The molecule has 0 bridgehead atoms. The summed E-state index contributed by atoms with van der Waals surface area (Å²) in [5.41, 5.74) is 1.11. The van der Waals surface area contributed by atoms with E-state index >= 15 is 0 Å². The van der Waals surface area contributed by atoms with Gasteiger partial charge in [0, 0.05) is 12.4 Å². The summed E-state index contributed by atoms with van der Waals surface area (Å²) in [6, 6.07) is 9.92. The molecule has 1 atom stereocenters. The number of hydrogen-bond donors (Lipinski definition) is 1. The van der Waals surface area contributed by atoms with Gasteiger partial charge in [-0.15, -0.1) is 0 Å². The van der Waals surface area contributed by atoms with Crippen molar-refractivity contribution in [1.29, 1.82) is 0 Å². The molecule has 17 heavy (non-hydrogen) atoms. The van der Waals surface area contributed by atoms with Gasteiger partial charge in [0.25, 0.3) is 0 Å². The maximum atomic E-state index is 9.73. The minimum absolute atomic E-state index is 0.326. The molecule has 2 rings (SSSR count). The number of nitrogens with zero attached hydrogens (tertiary/aromatic N) is 2. The summed E-state index contributed by atoms with van der Waals surface area (Å²) >= 11 is 0. The van der Waals surface area contributed by atoms with Gasteiger partial charge in [-0.25, -0.2) is 4.98 Å². The third kappa shape index (κ3) is 4.01. The fourth-order valence-corrected chi connectivity index (χ4v) is 1.58. The van der Waals surface area contributed by atoms with E-state index in [1.807, 2.05) is 41.1 Å². The summed E-state index contributed by atoms with van der Waals surface area (Å²) in [7, 11) is 0. The number of rotatable bonds is 6. The first-order valence-electron chi connectivity index (χ1n) is 5.60. The van der Waals surface area contributed by atoms with Crippen LogP contribution in [-0.2, 0) is 17.9 Å². The highest BCUT2D eigenvalue weighted by molar-refractivity contribution is 5.13. The molecule has 0 aliphatic carbocycles. The van der Waals surface area contributed by atoms with E-state index in [1.54, 1.807) is 12.5 Å². The van der Waals surface area contributed by atoms with Crippen molar-refractivity contribution in [2.75, 3.05) is 6.61 Å². The SMILES string of the molecule is O[C@H](COCc1ccccc1)Cn1ccnc1. The summed E-state index contributed by atoms with van der Waals surface area (Å²) in [4.78, 5) is 3.91. The Kier molecular flexibility index (Phi) is 4.30. The first-order chi connectivity index (χ1) is 8.34. The first-order valence-corrected chi connectivity index (χ1v) is 5.60. The van der Waals surface area contributed by atoms with E-state index in [2.05, 4.69) is 4.98 Å². The molecule has 0 saturated carbocycles. The second kappa shape index (κ2) is 6.18. The lowest BCUT2D eigenvalue weighted by Crippen LogP contribution is -2.21. The predicted molar refractivity (Wildman–Crippen MR) is 64.3 cm³/mol. The summed E-state index contributed by atoms with van der Waals surface area (Å²) in [5, 5.41) is 9.73. The highest BCUT2D eigenvalue weighted by Crippen LogP contribution is 2.01. The average molecular weight is 232 g/mol. The first kappa shape index (κ1) is 11.8. The van der Waals surface area contributed by atoms with Crippen LogP contribution in [0.4, 0.5) is 0 Å². The molecule has 2 aromatic rings. The minimum Gasteiger partial charge on any atom is -0.389 e. The fraction of sp³-hybridized carbons (Fsp3) is 0.308. The number of hydrogen-bond acceptors (Lipinski definition) is 3. The predicted octanol–water partition coefficient (Wildman–Crippen LogP) is 1.46. The van der Waals surface area contributed by atoms with Gasteiger partial charge in [-0.05, 0) is 5.56 Å². The number of imidazole rings is 1. The Balaban J connectivity index is 1.68. The van der Waals surface area contributed by atoms with Gasteiger partial charge in [0.2, 0.25) is 0 Å². The van der Waals surface area contributed by atoms with Crippen molar-refractivity contribution in [2.45, 2.75) is 19.3 Å². The fourth-order valence-electron chi connectivity index (χ4n) is 1.58. The Hall–Kier alpha value is -1.65. The van der Waals surface area contributed by atoms with Gasteiger partial charge in [-0.1, -0.05) is 30.3 Å². The zero-order chi connectivity index (χ0) is 11.9. The Morgan fingerprint density at radius 3 is 2.82 bits per heavy atom. The molecule has 0 amide bonds. The highest BCUT2D eigenvalue weighted by Gasteiger charge is 2.04. The van der Waals surface area contributed by atoms with Crippen LogP contribution in [0.1, 0.15) is 5.56 Å². The number of aliphatic hydroxyl groups excluding tert-OH is 1. The van der Waals surface area contributed by atoms with Crippen molar-refractivity contribution in [3.05, 3.63) is 54.6 Å². The van der Waals surface area contributed by atoms with Crippen LogP contribution in [0.25, 0.3) is 0 Å². The summed E-state index contributed by atoms with van der Waals surface area (Å²) < 4.78 is 7.28. The zero-order valence-electron chi connectivity index (χ0n) is 9.57. The Labute approximate surface area is 100 Å². The van der Waals surface area contributed by atoms with Crippen LogP contribution in [0.3, 0.4) is 0 Å². The zero-order valence-corrected chi connectivity index (χ0v) is 9.57. The lowest BCUT2D eigenvalue weighted by Gasteiger charge is -2.11. The molecular weight excluding hydrogens is 216 g/mol. The molecule has 90 valence electrons. The van der Waals surface area contributed by atoms with Crippen molar-refractivity contribution in [2.24, 2.45) is 0 Å². The van der Waals surface area contributed by atoms with E-state index < -0.39 is 6.10 Å². The van der Waals surface area contributed by atoms with E-state index in [4.69, 9.17) is 4.74 Å². The smallest absolute Gasteiger partial charge is 0.0952 e. The summed E-state index contributed by atoms with van der Waals surface area (Å²) in [6.45, 7) is 1.36. The van der Waals surface area contributed by atoms with Gasteiger partial charge in [-0.2, -0.15) is 0 Å². The second-order valence-electron chi connectivity index (χ2n) is 3.91. The molecule has 0 fully saturated rings. The number of ether oxygens (including phenoxy) is 1. The van der Waals surface area contributed by atoms with Gasteiger partial charge >= 0.3 is 0 Å². The van der Waals surface area contributed by atoms with Crippen LogP contribution < -0.4 is 0 Å². The van der Waals surface area contributed by atoms with E-state index in [-0.39, 0.29) is 0 Å². The standard InChI is InChI=1S/C13H16N2O2/c16-13(8-15-7-6-14-11-15)10-17-9-12-4-2-1-3-5-12/h1-7,11,13,16H,8-10H2/t13-/m0/s1. The maximum Gasteiger partial charge on any atom is 0.0952 e. The maximum absolute atomic E-state index is 9.73. The summed E-state index contributed by atoms with van der Waals surface area (Å²) in [5.74, 6) is 0. The number of benzene rings is 1. The van der Waals surface area contributed by atoms with Gasteiger partial charge in [0.1, 0.15) is 0 Å². The third-order valence-corrected chi connectivity index (χ3v) is 2.40. The van der Waals surface area contributed by atoms with Crippen LogP contribution >= 0.6 is 0 Å². The van der Waals surface area contributed by atoms with Crippen molar-refractivity contribution < 1.29 is 9.84 Å². The molecule has 0 saturated heterocycles. The molecule has 0 unspecified atom stereocenters. The second-order valence-corrected chi connectivity index (χ2v) is 3.91. The molecule has 1 heterocycles. The van der Waals surface area contributed by atoms with Gasteiger partial charge < -0.3 is 14.4 Å². The average Bonchev–Trinajstić information content (AvgIpc) is 2.83. The van der Waals surface area contributed by atoms with Crippen LogP contribution in [0.15, 0.2) is 49.1 Å². The van der Waals surface area contributed by atoms with Crippen molar-refractivity contribution in [1.82, 2.24) is 9.55 Å². The topological polar surface area (TPSA) is 47.3 Å². The van der Waals surface area contributed by atoms with Crippen molar-refractivity contribution in [3.8, 4) is 0 Å². The molecule has 0 aliphatic rings. The quantitative estimate of drug-likeness (QED) is 0.820. The number of aliphatic hydroxyl groups is 1. The van der Waals surface area contributed by atoms with Gasteiger partial charge in [0.15, 0.2) is 0 Å². The third-order valence-electron chi connectivity index (χ3n) is 2.40.